The summed E-state index contributed by atoms with van der Waals surface area (Å²) in [6.07, 6.45) is 0. The molecule has 0 radical (unpaired) electrons. The number of sulfonamides is 1. The summed E-state index contributed by atoms with van der Waals surface area (Å²) >= 11 is 0. The van der Waals surface area contributed by atoms with Crippen LogP contribution in [0.4, 0.5) is 5.69 Å². The second-order valence-corrected chi connectivity index (χ2v) is 6.23. The number of nitriles is 1. The van der Waals surface area contributed by atoms with E-state index in [9.17, 15) is 13.2 Å². The average Bonchev–Trinajstić information content (AvgIpc) is 2.47. The molecule has 2 aromatic carbocycles. The second kappa shape index (κ2) is 5.87. The normalized spacial score (nSPS) is 10.7. The first-order chi connectivity index (χ1) is 10.3. The van der Waals surface area contributed by atoms with Gasteiger partial charge in [0.25, 0.3) is 10.0 Å². The van der Waals surface area contributed by atoms with Crippen molar-refractivity contribution >= 4 is 21.7 Å². The largest absolute Gasteiger partial charge is 0.478 e. The highest BCUT2D eigenvalue weighted by molar-refractivity contribution is 7.92. The lowest BCUT2D eigenvalue weighted by atomic mass is 10.1. The average molecular weight is 316 g/mol. The van der Waals surface area contributed by atoms with E-state index in [4.69, 9.17) is 10.4 Å². The van der Waals surface area contributed by atoms with Crippen LogP contribution in [0, 0.1) is 18.3 Å². The molecule has 0 saturated heterocycles. The minimum absolute atomic E-state index is 0.100. The third-order valence-electron chi connectivity index (χ3n) is 2.99. The van der Waals surface area contributed by atoms with Crippen molar-refractivity contribution in [1.82, 2.24) is 0 Å². The molecule has 0 saturated carbocycles. The molecule has 6 nitrogen and oxygen atoms in total. The zero-order chi connectivity index (χ0) is 16.3. The lowest BCUT2D eigenvalue weighted by Gasteiger charge is -2.11. The van der Waals surface area contributed by atoms with Crippen molar-refractivity contribution in [3.63, 3.8) is 0 Å². The molecule has 0 unspecified atom stereocenters. The number of aromatic carboxylic acids is 1. The van der Waals surface area contributed by atoms with E-state index in [1.165, 1.54) is 36.4 Å². The Bertz CT molecular complexity index is 865. The van der Waals surface area contributed by atoms with Crippen molar-refractivity contribution in [2.24, 2.45) is 0 Å². The smallest absolute Gasteiger partial charge is 0.335 e. The molecule has 0 heterocycles. The quantitative estimate of drug-likeness (QED) is 0.900. The van der Waals surface area contributed by atoms with Gasteiger partial charge >= 0.3 is 5.97 Å². The number of hydrogen-bond acceptors (Lipinski definition) is 4. The van der Waals surface area contributed by atoms with Crippen LogP contribution >= 0.6 is 0 Å². The third kappa shape index (κ3) is 3.24. The highest BCUT2D eigenvalue weighted by Crippen LogP contribution is 2.21. The van der Waals surface area contributed by atoms with Gasteiger partial charge in [-0.3, -0.25) is 4.72 Å². The minimum atomic E-state index is -3.92. The molecule has 0 aliphatic carbocycles. The van der Waals surface area contributed by atoms with Gasteiger partial charge in [0.2, 0.25) is 0 Å². The first kappa shape index (κ1) is 15.5. The van der Waals surface area contributed by atoms with E-state index in [0.29, 0.717) is 16.8 Å². The molecule has 0 aliphatic heterocycles. The van der Waals surface area contributed by atoms with Gasteiger partial charge in [0.1, 0.15) is 0 Å². The summed E-state index contributed by atoms with van der Waals surface area (Å²) in [6, 6.07) is 11.7. The Balaban J connectivity index is 2.39. The summed E-state index contributed by atoms with van der Waals surface area (Å²) in [7, 11) is -3.92. The van der Waals surface area contributed by atoms with Gasteiger partial charge in [0.15, 0.2) is 0 Å². The van der Waals surface area contributed by atoms with E-state index in [2.05, 4.69) is 4.72 Å². The molecule has 22 heavy (non-hydrogen) atoms. The molecule has 0 fully saturated rings. The molecule has 0 aromatic heterocycles. The zero-order valence-electron chi connectivity index (χ0n) is 11.6. The molecule has 2 N–H and O–H groups in total. The van der Waals surface area contributed by atoms with Crippen LogP contribution in [0.3, 0.4) is 0 Å². The summed E-state index contributed by atoms with van der Waals surface area (Å²) in [5, 5.41) is 17.7. The van der Waals surface area contributed by atoms with Gasteiger partial charge in [-0.1, -0.05) is 6.07 Å². The molecule has 0 atom stereocenters. The van der Waals surface area contributed by atoms with Gasteiger partial charge in [0, 0.05) is 5.69 Å². The monoisotopic (exact) mass is 316 g/mol. The Morgan fingerprint density at radius 1 is 1.18 bits per heavy atom. The predicted molar refractivity (Wildman–Crippen MR) is 80.1 cm³/mol. The van der Waals surface area contributed by atoms with Crippen molar-refractivity contribution in [2.45, 2.75) is 11.8 Å². The highest BCUT2D eigenvalue weighted by atomic mass is 32.2. The number of carbonyl (C=O) groups is 1. The van der Waals surface area contributed by atoms with Crippen LogP contribution in [0.5, 0.6) is 0 Å². The number of rotatable bonds is 4. The minimum Gasteiger partial charge on any atom is -0.478 e. The van der Waals surface area contributed by atoms with Crippen LogP contribution in [0.15, 0.2) is 47.4 Å². The maximum Gasteiger partial charge on any atom is 0.335 e. The standard InChI is InChI=1S/C15H12N2O4S/c1-10-2-5-12(15(18)19)8-14(10)22(20,21)17-13-6-3-11(9-16)4-7-13/h2-8,17H,1H3,(H,18,19). The summed E-state index contributed by atoms with van der Waals surface area (Å²) in [6.45, 7) is 1.58. The molecule has 2 aromatic rings. The van der Waals surface area contributed by atoms with Crippen molar-refractivity contribution in [2.75, 3.05) is 4.72 Å². The van der Waals surface area contributed by atoms with Crippen molar-refractivity contribution in [3.05, 3.63) is 59.2 Å². The van der Waals surface area contributed by atoms with Crippen molar-refractivity contribution < 1.29 is 18.3 Å². The Kier molecular flexibility index (Phi) is 4.15. The number of nitrogens with zero attached hydrogens (tertiary/aromatic N) is 1. The van der Waals surface area contributed by atoms with Crippen LogP contribution in [-0.4, -0.2) is 19.5 Å². The molecular weight excluding hydrogens is 304 g/mol. The van der Waals surface area contributed by atoms with Gasteiger partial charge in [-0.2, -0.15) is 5.26 Å². The fourth-order valence-electron chi connectivity index (χ4n) is 1.85. The molecule has 0 bridgehead atoms. The van der Waals surface area contributed by atoms with E-state index < -0.39 is 16.0 Å². The fourth-order valence-corrected chi connectivity index (χ4v) is 3.18. The van der Waals surface area contributed by atoms with Gasteiger partial charge in [-0.25, -0.2) is 13.2 Å². The number of carboxylic acid groups (broad SMARTS) is 1. The van der Waals surface area contributed by atoms with Gasteiger partial charge in [-0.05, 0) is 48.9 Å². The summed E-state index contributed by atoms with van der Waals surface area (Å²) in [5.41, 5.74) is 1.03. The molecule has 112 valence electrons. The Labute approximate surface area is 127 Å². The van der Waals surface area contributed by atoms with Crippen molar-refractivity contribution in [3.8, 4) is 6.07 Å². The van der Waals surface area contributed by atoms with Crippen molar-refractivity contribution in [1.29, 1.82) is 5.26 Å². The zero-order valence-corrected chi connectivity index (χ0v) is 12.4. The Morgan fingerprint density at radius 3 is 2.36 bits per heavy atom. The lowest BCUT2D eigenvalue weighted by Crippen LogP contribution is -2.15. The first-order valence-electron chi connectivity index (χ1n) is 6.20. The topological polar surface area (TPSA) is 107 Å². The second-order valence-electron chi connectivity index (χ2n) is 4.58. The van der Waals surface area contributed by atoms with Crippen LogP contribution in [0.25, 0.3) is 0 Å². The van der Waals surface area contributed by atoms with E-state index >= 15 is 0 Å². The molecule has 0 aliphatic rings. The van der Waals surface area contributed by atoms with E-state index in [0.717, 1.165) is 6.07 Å². The first-order valence-corrected chi connectivity index (χ1v) is 7.69. The number of aryl methyl sites for hydroxylation is 1. The number of anilines is 1. The third-order valence-corrected chi connectivity index (χ3v) is 4.51. The highest BCUT2D eigenvalue weighted by Gasteiger charge is 2.19. The van der Waals surface area contributed by atoms with Crippen LogP contribution in [0.2, 0.25) is 0 Å². The Morgan fingerprint density at radius 2 is 1.82 bits per heavy atom. The lowest BCUT2D eigenvalue weighted by molar-refractivity contribution is 0.0696. The molecule has 0 amide bonds. The predicted octanol–water partition coefficient (Wildman–Crippen LogP) is 2.37. The van der Waals surface area contributed by atoms with E-state index in [1.54, 1.807) is 6.92 Å². The van der Waals surface area contributed by atoms with Gasteiger partial charge < -0.3 is 5.11 Å². The van der Waals surface area contributed by atoms with Gasteiger partial charge in [0.05, 0.1) is 22.1 Å². The van der Waals surface area contributed by atoms with E-state index in [1.807, 2.05) is 6.07 Å². The maximum atomic E-state index is 12.4. The maximum absolute atomic E-state index is 12.4. The summed E-state index contributed by atoms with van der Waals surface area (Å²) in [5.74, 6) is -1.20. The van der Waals surface area contributed by atoms with Crippen LogP contribution in [0.1, 0.15) is 21.5 Å². The van der Waals surface area contributed by atoms with Crippen LogP contribution < -0.4 is 4.72 Å². The summed E-state index contributed by atoms with van der Waals surface area (Å²) < 4.78 is 27.1. The van der Waals surface area contributed by atoms with Crippen LogP contribution in [-0.2, 0) is 10.0 Å². The molecular formula is C15H12N2O4S. The number of benzene rings is 2. The number of carboxylic acids is 1. The molecule has 2 rings (SSSR count). The fraction of sp³-hybridized carbons (Fsp3) is 0.0667. The molecule has 0 spiro atoms. The SMILES string of the molecule is Cc1ccc(C(=O)O)cc1S(=O)(=O)Nc1ccc(C#N)cc1. The number of nitrogens with one attached hydrogen (secondary N) is 1. The van der Waals surface area contributed by atoms with E-state index in [-0.39, 0.29) is 10.5 Å². The molecule has 7 heteroatoms. The number of hydrogen-bond donors (Lipinski definition) is 2. The Hall–Kier alpha value is -2.85. The van der Waals surface area contributed by atoms with Gasteiger partial charge in [-0.15, -0.1) is 0 Å². The summed E-state index contributed by atoms with van der Waals surface area (Å²) in [4.78, 5) is 10.9.